The van der Waals surface area contributed by atoms with Crippen molar-refractivity contribution >= 4 is 29.4 Å². The fourth-order valence-electron chi connectivity index (χ4n) is 2.30. The van der Waals surface area contributed by atoms with Crippen LogP contribution in [0.5, 0.6) is 0 Å². The van der Waals surface area contributed by atoms with Gasteiger partial charge < -0.3 is 5.32 Å². The van der Waals surface area contributed by atoms with Gasteiger partial charge in [-0.1, -0.05) is 41.9 Å². The molecule has 0 aliphatic heterocycles. The molecule has 0 spiro atoms. The molecule has 0 radical (unpaired) electrons. The fourth-order valence-corrected chi connectivity index (χ4v) is 2.50. The van der Waals surface area contributed by atoms with Crippen molar-refractivity contribution in [1.29, 1.82) is 0 Å². The number of benzene rings is 1. The number of carbonyl (C=O) groups is 1. The van der Waals surface area contributed by atoms with Crippen LogP contribution in [0.1, 0.15) is 18.1 Å². The lowest BCUT2D eigenvalue weighted by atomic mass is 10.2. The Kier molecular flexibility index (Phi) is 5.30. The van der Waals surface area contributed by atoms with Gasteiger partial charge in [0.15, 0.2) is 5.82 Å². The largest absolute Gasteiger partial charge is 0.304 e. The highest BCUT2D eigenvalue weighted by molar-refractivity contribution is 6.33. The normalized spacial score (nSPS) is 11.1. The lowest BCUT2D eigenvalue weighted by molar-refractivity contribution is -0.111. The van der Waals surface area contributed by atoms with Crippen LogP contribution < -0.4 is 5.32 Å². The number of rotatable bonds is 6. The number of hydrogen-bond acceptors (Lipinski definition) is 3. The number of anilines is 1. The van der Waals surface area contributed by atoms with Crippen LogP contribution in [0, 0.1) is 0 Å². The fraction of sp³-hybridized carbons (Fsp3) is 0.167. The van der Waals surface area contributed by atoms with Gasteiger partial charge >= 0.3 is 0 Å². The Morgan fingerprint density at radius 3 is 2.76 bits per heavy atom. The van der Waals surface area contributed by atoms with E-state index >= 15 is 0 Å². The first-order chi connectivity index (χ1) is 12.1. The summed E-state index contributed by atoms with van der Waals surface area (Å²) in [6.07, 6.45) is 8.40. The van der Waals surface area contributed by atoms with Crippen LogP contribution in [0.4, 0.5) is 5.82 Å². The van der Waals surface area contributed by atoms with Gasteiger partial charge in [-0.2, -0.15) is 10.2 Å². The molecule has 0 aliphatic carbocycles. The molecule has 3 aromatic rings. The van der Waals surface area contributed by atoms with Crippen LogP contribution in [0.3, 0.4) is 0 Å². The molecule has 2 aromatic heterocycles. The summed E-state index contributed by atoms with van der Waals surface area (Å²) in [6, 6.07) is 9.91. The molecular formula is C18H18ClN5O. The Morgan fingerprint density at radius 2 is 2.04 bits per heavy atom. The molecule has 6 nitrogen and oxygen atoms in total. The minimum absolute atomic E-state index is 0.295. The van der Waals surface area contributed by atoms with Gasteiger partial charge in [-0.3, -0.25) is 14.2 Å². The Hall–Kier alpha value is -2.86. The van der Waals surface area contributed by atoms with Gasteiger partial charge in [-0.05, 0) is 18.6 Å². The van der Waals surface area contributed by atoms with Crippen LogP contribution in [0.15, 0.2) is 55.0 Å². The molecule has 0 saturated heterocycles. The van der Waals surface area contributed by atoms with E-state index in [9.17, 15) is 4.79 Å². The van der Waals surface area contributed by atoms with Crippen LogP contribution >= 0.6 is 11.6 Å². The Morgan fingerprint density at radius 1 is 1.24 bits per heavy atom. The zero-order chi connectivity index (χ0) is 17.6. The molecular weight excluding hydrogens is 338 g/mol. The third-order valence-electron chi connectivity index (χ3n) is 3.55. The highest BCUT2D eigenvalue weighted by Crippen LogP contribution is 2.20. The molecule has 0 unspecified atom stereocenters. The smallest absolute Gasteiger partial charge is 0.249 e. The summed E-state index contributed by atoms with van der Waals surface area (Å²) in [5.74, 6) is 0.0487. The maximum absolute atomic E-state index is 12.0. The van der Waals surface area contributed by atoms with E-state index in [-0.39, 0.29) is 5.91 Å². The Bertz CT molecular complexity index is 882. The molecule has 0 bridgehead atoms. The van der Waals surface area contributed by atoms with Crippen molar-refractivity contribution in [2.24, 2.45) is 0 Å². The van der Waals surface area contributed by atoms with Gasteiger partial charge in [0.25, 0.3) is 0 Å². The number of amides is 1. The molecule has 128 valence electrons. The van der Waals surface area contributed by atoms with Crippen LogP contribution in [0.25, 0.3) is 6.08 Å². The van der Waals surface area contributed by atoms with Crippen LogP contribution in [-0.4, -0.2) is 25.5 Å². The van der Waals surface area contributed by atoms with Crippen LogP contribution in [-0.2, 0) is 17.9 Å². The topological polar surface area (TPSA) is 64.7 Å². The maximum atomic E-state index is 12.0. The zero-order valence-electron chi connectivity index (χ0n) is 13.8. The summed E-state index contributed by atoms with van der Waals surface area (Å²) in [5.41, 5.74) is 1.96. The Labute approximate surface area is 150 Å². The number of hydrogen-bond donors (Lipinski definition) is 1. The van der Waals surface area contributed by atoms with Gasteiger partial charge in [-0.25, -0.2) is 0 Å². The average molecular weight is 356 g/mol. The summed E-state index contributed by atoms with van der Waals surface area (Å²) in [6.45, 7) is 3.37. The van der Waals surface area contributed by atoms with Gasteiger partial charge in [0.1, 0.15) is 5.02 Å². The number of halogens is 1. The first kappa shape index (κ1) is 17.0. The summed E-state index contributed by atoms with van der Waals surface area (Å²) in [5, 5.41) is 11.6. The predicted molar refractivity (Wildman–Crippen MR) is 98.3 cm³/mol. The van der Waals surface area contributed by atoms with Crippen molar-refractivity contribution in [3.8, 4) is 0 Å². The van der Waals surface area contributed by atoms with Gasteiger partial charge in [0.05, 0.1) is 12.7 Å². The van der Waals surface area contributed by atoms with Crippen molar-refractivity contribution in [3.05, 3.63) is 71.1 Å². The minimum atomic E-state index is -0.295. The van der Waals surface area contributed by atoms with E-state index in [4.69, 9.17) is 11.6 Å². The number of aryl methyl sites for hydroxylation is 1. The Balaban J connectivity index is 1.63. The first-order valence-electron chi connectivity index (χ1n) is 7.92. The molecule has 2 heterocycles. The second kappa shape index (κ2) is 7.81. The van der Waals surface area contributed by atoms with E-state index in [1.807, 2.05) is 43.5 Å². The summed E-state index contributed by atoms with van der Waals surface area (Å²) >= 11 is 6.16. The van der Waals surface area contributed by atoms with E-state index < -0.39 is 0 Å². The quantitative estimate of drug-likeness (QED) is 0.689. The van der Waals surface area contributed by atoms with Crippen molar-refractivity contribution < 1.29 is 4.79 Å². The molecule has 1 aromatic carbocycles. The molecule has 1 amide bonds. The maximum Gasteiger partial charge on any atom is 0.249 e. The summed E-state index contributed by atoms with van der Waals surface area (Å²) in [7, 11) is 0. The van der Waals surface area contributed by atoms with E-state index in [2.05, 4.69) is 15.5 Å². The number of aromatic nitrogens is 4. The highest BCUT2D eigenvalue weighted by atomic mass is 35.5. The molecule has 7 heteroatoms. The average Bonchev–Trinajstić information content (AvgIpc) is 3.21. The molecule has 3 rings (SSSR count). The van der Waals surface area contributed by atoms with Crippen molar-refractivity contribution in [2.45, 2.75) is 20.0 Å². The SMILES string of the molecule is CCn1cc(/C=C/C(=O)Nc2nn(Cc3ccccc3)cc2Cl)cn1. The first-order valence-corrected chi connectivity index (χ1v) is 8.30. The molecule has 0 fully saturated rings. The van der Waals surface area contributed by atoms with E-state index in [0.717, 1.165) is 17.7 Å². The number of nitrogens with zero attached hydrogens (tertiary/aromatic N) is 4. The predicted octanol–water partition coefficient (Wildman–Crippen LogP) is 3.45. The van der Waals surface area contributed by atoms with E-state index in [1.54, 1.807) is 27.8 Å². The van der Waals surface area contributed by atoms with Crippen molar-refractivity contribution in [3.63, 3.8) is 0 Å². The molecule has 0 aliphatic rings. The number of carbonyl (C=O) groups excluding carboxylic acids is 1. The molecule has 0 atom stereocenters. The molecule has 0 saturated carbocycles. The lowest BCUT2D eigenvalue weighted by Crippen LogP contribution is -2.09. The van der Waals surface area contributed by atoms with Crippen molar-refractivity contribution in [1.82, 2.24) is 19.6 Å². The van der Waals surface area contributed by atoms with Gasteiger partial charge in [-0.15, -0.1) is 0 Å². The van der Waals surface area contributed by atoms with E-state index in [1.165, 1.54) is 6.08 Å². The number of nitrogens with one attached hydrogen (secondary N) is 1. The second-order valence-corrected chi connectivity index (χ2v) is 5.87. The summed E-state index contributed by atoms with van der Waals surface area (Å²) < 4.78 is 3.49. The third-order valence-corrected chi connectivity index (χ3v) is 3.83. The molecule has 1 N–H and O–H groups in total. The van der Waals surface area contributed by atoms with Crippen molar-refractivity contribution in [2.75, 3.05) is 5.32 Å². The zero-order valence-corrected chi connectivity index (χ0v) is 14.5. The van der Waals surface area contributed by atoms with E-state index in [0.29, 0.717) is 17.4 Å². The van der Waals surface area contributed by atoms with Gasteiger partial charge in [0.2, 0.25) is 5.91 Å². The molecule has 25 heavy (non-hydrogen) atoms. The second-order valence-electron chi connectivity index (χ2n) is 5.46. The van der Waals surface area contributed by atoms with Gasteiger partial charge in [0, 0.05) is 30.6 Å². The minimum Gasteiger partial charge on any atom is -0.304 e. The third kappa shape index (κ3) is 4.58. The lowest BCUT2D eigenvalue weighted by Gasteiger charge is -2.01. The standard InChI is InChI=1S/C18H18ClN5O/c1-2-23-12-15(10-20-23)8-9-17(25)21-18-16(19)13-24(22-18)11-14-6-4-3-5-7-14/h3-10,12-13H,2,11H2,1H3,(H,21,22,25)/b9-8+. The monoisotopic (exact) mass is 355 g/mol. The van der Waals surface area contributed by atoms with Crippen LogP contribution in [0.2, 0.25) is 5.02 Å². The summed E-state index contributed by atoms with van der Waals surface area (Å²) in [4.78, 5) is 12.0. The highest BCUT2D eigenvalue weighted by Gasteiger charge is 2.09.